The maximum Gasteiger partial charge on any atom is 0.352 e. The van der Waals surface area contributed by atoms with Gasteiger partial charge in [0.2, 0.25) is 0 Å². The third kappa shape index (κ3) is 5.79. The fourth-order valence-corrected chi connectivity index (χ4v) is 8.93. The summed E-state index contributed by atoms with van der Waals surface area (Å²) in [5.74, 6) is 0.658. The van der Waals surface area contributed by atoms with Crippen molar-refractivity contribution < 1.29 is 14.6 Å². The Bertz CT molecular complexity index is 2250. The third-order valence-corrected chi connectivity index (χ3v) is 11.2. The molecule has 6 aromatic rings. The van der Waals surface area contributed by atoms with Crippen LogP contribution in [0.2, 0.25) is 5.02 Å². The highest BCUT2D eigenvalue weighted by molar-refractivity contribution is 7.98. The number of benzene rings is 3. The molecule has 49 heavy (non-hydrogen) atoms. The summed E-state index contributed by atoms with van der Waals surface area (Å²) in [7, 11) is 4.11. The normalized spacial score (nSPS) is 15.9. The molecule has 0 amide bonds. The first kappa shape index (κ1) is 32.0. The van der Waals surface area contributed by atoms with Gasteiger partial charge in [0.05, 0.1) is 18.0 Å². The van der Waals surface area contributed by atoms with E-state index in [1.165, 1.54) is 5.69 Å². The summed E-state index contributed by atoms with van der Waals surface area (Å²) in [6.07, 6.45) is 3.69. The van der Waals surface area contributed by atoms with Crippen LogP contribution in [-0.4, -0.2) is 53.8 Å². The molecule has 2 aliphatic rings. The van der Waals surface area contributed by atoms with Gasteiger partial charge in [-0.3, -0.25) is 14.3 Å². The van der Waals surface area contributed by atoms with Crippen LogP contribution in [0.5, 0.6) is 5.75 Å². The molecule has 0 unspecified atom stereocenters. The van der Waals surface area contributed by atoms with E-state index in [9.17, 15) is 9.90 Å². The number of carboxylic acids is 1. The highest BCUT2D eigenvalue weighted by Crippen LogP contribution is 2.44. The molecule has 0 fully saturated rings. The molecule has 8 rings (SSSR count). The molecule has 3 aromatic carbocycles. The first-order valence-electron chi connectivity index (χ1n) is 16.9. The van der Waals surface area contributed by atoms with Gasteiger partial charge in [-0.1, -0.05) is 35.9 Å². The molecular weight excluding hydrogens is 656 g/mol. The lowest BCUT2D eigenvalue weighted by atomic mass is 9.94. The fraction of sp³-hybridized carbons (Fsp3) is 0.342. The molecule has 0 saturated carbocycles. The van der Waals surface area contributed by atoms with Crippen LogP contribution in [0.4, 0.5) is 0 Å². The van der Waals surface area contributed by atoms with E-state index in [2.05, 4.69) is 47.0 Å². The van der Waals surface area contributed by atoms with Crippen molar-refractivity contribution in [2.75, 3.05) is 13.7 Å². The van der Waals surface area contributed by atoms with Crippen molar-refractivity contribution in [2.45, 2.75) is 69.4 Å². The summed E-state index contributed by atoms with van der Waals surface area (Å²) in [6, 6.07) is 18.7. The molecular formula is C38H39ClN6O3S. The van der Waals surface area contributed by atoms with Gasteiger partial charge in [0.15, 0.2) is 0 Å². The summed E-state index contributed by atoms with van der Waals surface area (Å²) in [5.41, 5.74) is 8.06. The van der Waals surface area contributed by atoms with E-state index in [1.54, 1.807) is 11.8 Å². The second-order valence-corrected chi connectivity index (χ2v) is 14.7. The van der Waals surface area contributed by atoms with Crippen molar-refractivity contribution in [1.82, 2.24) is 29.0 Å². The number of carbonyl (C=O) groups is 1. The second-order valence-electron chi connectivity index (χ2n) is 13.3. The van der Waals surface area contributed by atoms with Gasteiger partial charge < -0.3 is 14.4 Å². The molecule has 0 aliphatic carbocycles. The predicted octanol–water partition coefficient (Wildman–Crippen LogP) is 8.09. The Morgan fingerprint density at radius 3 is 2.69 bits per heavy atom. The van der Waals surface area contributed by atoms with Gasteiger partial charge in [0.25, 0.3) is 0 Å². The van der Waals surface area contributed by atoms with Gasteiger partial charge in [-0.25, -0.2) is 4.79 Å². The number of aromatic carboxylic acids is 1. The van der Waals surface area contributed by atoms with Crippen LogP contribution in [0.3, 0.4) is 0 Å². The fourth-order valence-electron chi connectivity index (χ4n) is 7.69. The number of halogens is 1. The zero-order valence-electron chi connectivity index (χ0n) is 28.0. The van der Waals surface area contributed by atoms with E-state index >= 15 is 0 Å². The van der Waals surface area contributed by atoms with Gasteiger partial charge in [-0.05, 0) is 80.9 Å². The predicted molar refractivity (Wildman–Crippen MR) is 195 cm³/mol. The van der Waals surface area contributed by atoms with Gasteiger partial charge in [0.1, 0.15) is 11.4 Å². The topological polar surface area (TPSA) is 90.3 Å². The largest absolute Gasteiger partial charge is 0.493 e. The quantitative estimate of drug-likeness (QED) is 0.186. The lowest BCUT2D eigenvalue weighted by Crippen LogP contribution is -2.18. The number of hydrogen-bond acceptors (Lipinski definition) is 6. The van der Waals surface area contributed by atoms with Crippen LogP contribution < -0.4 is 4.74 Å². The van der Waals surface area contributed by atoms with Crippen LogP contribution in [0.15, 0.2) is 59.5 Å². The van der Waals surface area contributed by atoms with E-state index < -0.39 is 5.97 Å². The van der Waals surface area contributed by atoms with E-state index in [0.717, 1.165) is 97.7 Å². The van der Waals surface area contributed by atoms with Crippen LogP contribution in [0, 0.1) is 6.92 Å². The average molecular weight is 695 g/mol. The smallest absolute Gasteiger partial charge is 0.352 e. The molecule has 0 radical (unpaired) electrons. The van der Waals surface area contributed by atoms with Crippen molar-refractivity contribution in [3.8, 4) is 16.9 Å². The first-order chi connectivity index (χ1) is 23.8. The number of carboxylic acid groups (broad SMARTS) is 1. The average Bonchev–Trinajstić information content (AvgIpc) is 3.71. The molecule has 3 aromatic heterocycles. The van der Waals surface area contributed by atoms with E-state index in [1.807, 2.05) is 47.5 Å². The van der Waals surface area contributed by atoms with Crippen molar-refractivity contribution >= 4 is 51.0 Å². The van der Waals surface area contributed by atoms with Crippen LogP contribution in [0.25, 0.3) is 32.8 Å². The Hall–Kier alpha value is -4.25. The number of fused-ring (bicyclic) bond motifs is 10. The molecule has 0 spiro atoms. The third-order valence-electron chi connectivity index (χ3n) is 9.89. The molecule has 0 atom stereocenters. The maximum atomic E-state index is 12.9. The van der Waals surface area contributed by atoms with E-state index in [-0.39, 0.29) is 5.69 Å². The minimum Gasteiger partial charge on any atom is -0.493 e. The van der Waals surface area contributed by atoms with Gasteiger partial charge in [0, 0.05) is 87.7 Å². The van der Waals surface area contributed by atoms with Crippen LogP contribution in [-0.2, 0) is 45.4 Å². The molecule has 11 heteroatoms. The number of hydrogen-bond donors (Lipinski definition) is 1. The standard InChI is InChI=1S/C38H39ClN6O3S/c1-23-34-31-13-12-29(39)35(34)36-30(41-45-15-7-6-11-32(36)45)21-42(2)20-25-18-26(43(3)40-25)22-49-27-17-24-9-4-5-10-28(24)33(19-27)48-16-8-14-44(31)37(23)38(46)47/h4-5,9-10,12-13,17-19H,6-8,11,14-16,20-22H2,1-3H3,(H,46,47). The summed E-state index contributed by atoms with van der Waals surface area (Å²) in [5, 5.41) is 24.3. The molecule has 9 nitrogen and oxygen atoms in total. The number of rotatable bonds is 1. The maximum absolute atomic E-state index is 12.9. The van der Waals surface area contributed by atoms with Crippen LogP contribution in [0.1, 0.15) is 58.1 Å². The number of aromatic nitrogens is 5. The molecule has 1 N–H and O–H groups in total. The molecule has 2 aliphatic heterocycles. The first-order valence-corrected chi connectivity index (χ1v) is 18.3. The van der Waals surface area contributed by atoms with Crippen LogP contribution >= 0.6 is 23.4 Å². The Labute approximate surface area is 294 Å². The lowest BCUT2D eigenvalue weighted by molar-refractivity contribution is 0.0684. The second kappa shape index (κ2) is 12.9. The Kier molecular flexibility index (Phi) is 8.42. The zero-order chi connectivity index (χ0) is 33.8. The molecule has 0 saturated heterocycles. The number of ether oxygens (including phenoxy) is 1. The minimum atomic E-state index is -0.950. The number of thioether (sulfide) groups is 1. The van der Waals surface area contributed by atoms with Crippen molar-refractivity contribution in [2.24, 2.45) is 7.05 Å². The molecule has 5 heterocycles. The summed E-state index contributed by atoms with van der Waals surface area (Å²) in [4.78, 5) is 16.2. The van der Waals surface area contributed by atoms with E-state index in [0.29, 0.717) is 37.7 Å². The summed E-state index contributed by atoms with van der Waals surface area (Å²) >= 11 is 8.90. The highest BCUT2D eigenvalue weighted by Gasteiger charge is 2.29. The number of nitrogens with zero attached hydrogens (tertiary/aromatic N) is 6. The minimum absolute atomic E-state index is 0.287. The highest BCUT2D eigenvalue weighted by atomic mass is 35.5. The van der Waals surface area contributed by atoms with Gasteiger partial charge in [-0.15, -0.1) is 11.8 Å². The Morgan fingerprint density at radius 2 is 1.84 bits per heavy atom. The summed E-state index contributed by atoms with van der Waals surface area (Å²) in [6.45, 7) is 4.96. The molecule has 252 valence electrons. The number of aryl methyl sites for hydroxylation is 4. The Balaban J connectivity index is 1.28. The Morgan fingerprint density at radius 1 is 0.980 bits per heavy atom. The lowest BCUT2D eigenvalue weighted by Gasteiger charge is -2.18. The van der Waals surface area contributed by atoms with Crippen molar-refractivity contribution in [1.29, 1.82) is 0 Å². The summed E-state index contributed by atoms with van der Waals surface area (Å²) < 4.78 is 12.5. The van der Waals surface area contributed by atoms with Gasteiger partial charge >= 0.3 is 5.97 Å². The monoisotopic (exact) mass is 694 g/mol. The van der Waals surface area contributed by atoms with E-state index in [4.69, 9.17) is 26.5 Å². The van der Waals surface area contributed by atoms with Crippen molar-refractivity contribution in [3.05, 3.63) is 93.7 Å². The van der Waals surface area contributed by atoms with Crippen molar-refractivity contribution in [3.63, 3.8) is 0 Å². The van der Waals surface area contributed by atoms with Gasteiger partial charge in [-0.2, -0.15) is 10.2 Å². The zero-order valence-corrected chi connectivity index (χ0v) is 29.6. The molecule has 8 bridgehead atoms. The SMILES string of the molecule is Cc1c(C(=O)O)n2c3ccc(Cl)c(c13)-c1c(nn3c1CCCC3)CN(C)Cc1cc(n(C)n1)CSc1cc(c3ccccc3c1)OCCC2.